The molecule has 0 saturated heterocycles. The van der Waals surface area contributed by atoms with E-state index in [1.807, 2.05) is 29.6 Å². The molecule has 0 bridgehead atoms. The van der Waals surface area contributed by atoms with E-state index in [9.17, 15) is 10.1 Å². The van der Waals surface area contributed by atoms with Gasteiger partial charge in [0.05, 0.1) is 16.2 Å². The second-order valence-corrected chi connectivity index (χ2v) is 6.78. The van der Waals surface area contributed by atoms with Gasteiger partial charge < -0.3 is 0 Å². The minimum Gasteiger partial charge on any atom is -0.258 e. The Morgan fingerprint density at radius 3 is 2.62 bits per heavy atom. The molecule has 0 fully saturated rings. The molecule has 0 radical (unpaired) electrons. The molecule has 8 heteroatoms. The topological polar surface area (TPSA) is 73.3 Å². The zero-order chi connectivity index (χ0) is 16.7. The van der Waals surface area contributed by atoms with Gasteiger partial charge in [0.15, 0.2) is 5.82 Å². The normalized spacial score (nSPS) is 11.0. The van der Waals surface area contributed by atoms with Gasteiger partial charge in [-0.1, -0.05) is 40.2 Å². The minimum atomic E-state index is -0.417. The molecule has 0 N–H and O–H groups in total. The quantitative estimate of drug-likeness (QED) is 0.365. The van der Waals surface area contributed by atoms with Gasteiger partial charge in [-0.05, 0) is 18.2 Å². The van der Waals surface area contributed by atoms with Crippen LogP contribution in [0.2, 0.25) is 0 Å². The van der Waals surface area contributed by atoms with Gasteiger partial charge in [-0.15, -0.1) is 16.4 Å². The zero-order valence-electron chi connectivity index (χ0n) is 12.1. The van der Waals surface area contributed by atoms with E-state index >= 15 is 0 Å². The van der Waals surface area contributed by atoms with Crippen molar-refractivity contribution in [3.63, 3.8) is 0 Å². The first-order chi connectivity index (χ1) is 11.6. The smallest absolute Gasteiger partial charge is 0.258 e. The number of nitrogens with zero attached hydrogens (tertiary/aromatic N) is 4. The Morgan fingerprint density at radius 1 is 1.12 bits per heavy atom. The molecule has 2 aromatic carbocycles. The maximum absolute atomic E-state index is 11.2. The fourth-order valence-electron chi connectivity index (χ4n) is 2.44. The molecule has 0 spiro atoms. The van der Waals surface area contributed by atoms with Gasteiger partial charge in [-0.2, -0.15) is 4.98 Å². The summed E-state index contributed by atoms with van der Waals surface area (Å²) in [5, 5.41) is 17.7. The van der Waals surface area contributed by atoms with Crippen LogP contribution in [0.3, 0.4) is 0 Å². The minimum absolute atomic E-state index is 0.000875. The number of nitro benzene ring substituents is 1. The highest BCUT2D eigenvalue weighted by atomic mass is 79.9. The summed E-state index contributed by atoms with van der Waals surface area (Å²) in [6.07, 6.45) is 0. The van der Waals surface area contributed by atoms with E-state index in [0.717, 1.165) is 15.7 Å². The van der Waals surface area contributed by atoms with Gasteiger partial charge in [0, 0.05) is 21.5 Å². The molecule has 0 unspecified atom stereocenters. The zero-order valence-corrected chi connectivity index (χ0v) is 14.5. The third kappa shape index (κ3) is 2.49. The third-order valence-corrected chi connectivity index (χ3v) is 4.91. The number of rotatable bonds is 3. The Morgan fingerprint density at radius 2 is 1.88 bits per heavy atom. The fraction of sp³-hybridized carbons (Fsp3) is 0. The number of hydrogen-bond donors (Lipinski definition) is 0. The van der Waals surface area contributed by atoms with Crippen LogP contribution >= 0.6 is 27.3 Å². The Balaban J connectivity index is 1.86. The number of hydrogen-bond acceptors (Lipinski definition) is 5. The van der Waals surface area contributed by atoms with Crippen molar-refractivity contribution in [3.05, 3.63) is 68.5 Å². The number of thiazole rings is 1. The maximum Gasteiger partial charge on any atom is 0.280 e. The monoisotopic (exact) mass is 400 g/mol. The summed E-state index contributed by atoms with van der Waals surface area (Å²) in [7, 11) is 0. The van der Waals surface area contributed by atoms with Gasteiger partial charge in [-0.3, -0.25) is 10.1 Å². The highest BCUT2D eigenvalue weighted by Gasteiger charge is 2.20. The Labute approximate surface area is 148 Å². The summed E-state index contributed by atoms with van der Waals surface area (Å²) in [5.41, 5.74) is 2.32. The molecular weight excluding hydrogens is 392 g/mol. The van der Waals surface area contributed by atoms with E-state index in [4.69, 9.17) is 0 Å². The predicted molar refractivity (Wildman–Crippen MR) is 96.1 cm³/mol. The largest absolute Gasteiger partial charge is 0.280 e. The van der Waals surface area contributed by atoms with Crippen molar-refractivity contribution in [1.82, 2.24) is 14.6 Å². The second-order valence-electron chi connectivity index (χ2n) is 5.03. The van der Waals surface area contributed by atoms with Crippen molar-refractivity contribution in [3.8, 4) is 22.6 Å². The molecule has 0 aliphatic rings. The molecule has 24 heavy (non-hydrogen) atoms. The SMILES string of the molecule is O=[N+]([O-])c1ccccc1-c1nc2scc(-c3ccc(Br)cc3)n2n1. The first kappa shape index (κ1) is 15.0. The molecule has 118 valence electrons. The van der Waals surface area contributed by atoms with Gasteiger partial charge in [0.1, 0.15) is 0 Å². The van der Waals surface area contributed by atoms with Crippen LogP contribution in [0.25, 0.3) is 27.6 Å². The maximum atomic E-state index is 11.2. The lowest BCUT2D eigenvalue weighted by Crippen LogP contribution is -1.93. The average molecular weight is 401 g/mol. The van der Waals surface area contributed by atoms with Crippen LogP contribution in [0, 0.1) is 10.1 Å². The van der Waals surface area contributed by atoms with Crippen LogP contribution in [-0.4, -0.2) is 19.5 Å². The third-order valence-electron chi connectivity index (χ3n) is 3.56. The number of aromatic nitrogens is 3. The molecule has 0 aliphatic carbocycles. The molecule has 2 heterocycles. The molecule has 6 nitrogen and oxygen atoms in total. The lowest BCUT2D eigenvalue weighted by Gasteiger charge is -1.99. The molecule has 0 atom stereocenters. The molecule has 4 rings (SSSR count). The van der Waals surface area contributed by atoms with Crippen LogP contribution in [0.1, 0.15) is 0 Å². The second kappa shape index (κ2) is 5.81. The highest BCUT2D eigenvalue weighted by molar-refractivity contribution is 9.10. The van der Waals surface area contributed by atoms with E-state index in [0.29, 0.717) is 16.3 Å². The van der Waals surface area contributed by atoms with Gasteiger partial charge in [-0.25, -0.2) is 4.52 Å². The predicted octanol–water partition coefficient (Wildman–Crippen LogP) is 4.80. The van der Waals surface area contributed by atoms with Crippen LogP contribution in [-0.2, 0) is 0 Å². The van der Waals surface area contributed by atoms with Crippen molar-refractivity contribution >= 4 is 37.9 Å². The van der Waals surface area contributed by atoms with E-state index < -0.39 is 4.92 Å². The summed E-state index contributed by atoms with van der Waals surface area (Å²) in [5.74, 6) is 0.354. The Kier molecular flexibility index (Phi) is 3.62. The van der Waals surface area contributed by atoms with Crippen LogP contribution in [0.15, 0.2) is 58.4 Å². The summed E-state index contributed by atoms with van der Waals surface area (Å²) in [6, 6.07) is 14.4. The molecule has 0 aliphatic heterocycles. The summed E-state index contributed by atoms with van der Waals surface area (Å²) >= 11 is 4.87. The van der Waals surface area contributed by atoms with Crippen molar-refractivity contribution in [2.45, 2.75) is 0 Å². The lowest BCUT2D eigenvalue weighted by atomic mass is 10.2. The van der Waals surface area contributed by atoms with Crippen LogP contribution in [0.4, 0.5) is 5.69 Å². The summed E-state index contributed by atoms with van der Waals surface area (Å²) in [6.45, 7) is 0. The summed E-state index contributed by atoms with van der Waals surface area (Å²) in [4.78, 5) is 15.9. The van der Waals surface area contributed by atoms with E-state index in [-0.39, 0.29) is 5.69 Å². The first-order valence-corrected chi connectivity index (χ1v) is 8.65. The van der Waals surface area contributed by atoms with Crippen molar-refractivity contribution in [2.75, 3.05) is 0 Å². The molecule has 4 aromatic rings. The Bertz CT molecular complexity index is 1060. The number of fused-ring (bicyclic) bond motifs is 1. The van der Waals surface area contributed by atoms with Crippen molar-refractivity contribution < 1.29 is 4.92 Å². The van der Waals surface area contributed by atoms with E-state index in [1.54, 1.807) is 22.7 Å². The number of halogens is 1. The van der Waals surface area contributed by atoms with Gasteiger partial charge in [0.2, 0.25) is 4.96 Å². The Hall–Kier alpha value is -2.58. The highest BCUT2D eigenvalue weighted by Crippen LogP contribution is 2.31. The van der Waals surface area contributed by atoms with Gasteiger partial charge in [0.25, 0.3) is 5.69 Å². The molecule has 2 aromatic heterocycles. The number of benzene rings is 2. The molecule has 0 saturated carbocycles. The van der Waals surface area contributed by atoms with E-state index in [1.165, 1.54) is 17.4 Å². The fourth-order valence-corrected chi connectivity index (χ4v) is 3.53. The average Bonchev–Trinajstić information content (AvgIpc) is 3.16. The lowest BCUT2D eigenvalue weighted by molar-refractivity contribution is -0.384. The molecular formula is C16H9BrN4O2S. The van der Waals surface area contributed by atoms with E-state index in [2.05, 4.69) is 26.0 Å². The van der Waals surface area contributed by atoms with Crippen molar-refractivity contribution in [2.24, 2.45) is 0 Å². The standard InChI is InChI=1S/C16H9BrN4O2S/c17-11-7-5-10(6-8-11)14-9-24-16-18-15(19-20(14)16)12-3-1-2-4-13(12)21(22)23/h1-9H. The van der Waals surface area contributed by atoms with Crippen molar-refractivity contribution in [1.29, 1.82) is 0 Å². The number of nitro groups is 1. The first-order valence-electron chi connectivity index (χ1n) is 6.97. The molecule has 0 amide bonds. The number of para-hydroxylation sites is 1. The van der Waals surface area contributed by atoms with Crippen LogP contribution < -0.4 is 0 Å². The summed E-state index contributed by atoms with van der Waals surface area (Å²) < 4.78 is 2.72. The van der Waals surface area contributed by atoms with Gasteiger partial charge >= 0.3 is 0 Å². The van der Waals surface area contributed by atoms with Crippen LogP contribution in [0.5, 0.6) is 0 Å².